The highest BCUT2D eigenvalue weighted by Gasteiger charge is 2.00. The quantitative estimate of drug-likeness (QED) is 0.470. The first-order chi connectivity index (χ1) is 8.95. The molecular weight excluding hydrogens is 307 g/mol. The van der Waals surface area contributed by atoms with Crippen LogP contribution in [0.4, 0.5) is 0 Å². The minimum absolute atomic E-state index is 0.977. The molecule has 0 atom stereocenters. The van der Waals surface area contributed by atoms with Gasteiger partial charge in [0.05, 0.1) is 11.0 Å². The second-order valence-electron chi connectivity index (χ2n) is 3.59. The SMILES string of the molecule is O=S(=O)(Cl)Cl.c1cnc2c(c1)ccc1cccnc12. The summed E-state index contributed by atoms with van der Waals surface area (Å²) in [6.07, 6.45) is 3.60. The number of halogens is 2. The first-order valence-electron chi connectivity index (χ1n) is 5.18. The van der Waals surface area contributed by atoms with E-state index in [2.05, 4.69) is 55.6 Å². The molecule has 0 spiro atoms. The van der Waals surface area contributed by atoms with Crippen molar-refractivity contribution in [2.75, 3.05) is 0 Å². The van der Waals surface area contributed by atoms with Gasteiger partial charge in [0.25, 0.3) is 0 Å². The fourth-order valence-corrected chi connectivity index (χ4v) is 1.68. The largest absolute Gasteiger partial charge is 0.317 e. The highest BCUT2D eigenvalue weighted by atomic mass is 36.0. The van der Waals surface area contributed by atoms with Gasteiger partial charge in [-0.15, -0.1) is 0 Å². The van der Waals surface area contributed by atoms with Gasteiger partial charge in [-0.3, -0.25) is 9.97 Å². The summed E-state index contributed by atoms with van der Waals surface area (Å²) in [5.41, 5.74) is 1.95. The van der Waals surface area contributed by atoms with E-state index in [9.17, 15) is 0 Å². The molecule has 0 fully saturated rings. The van der Waals surface area contributed by atoms with Crippen molar-refractivity contribution in [3.05, 3.63) is 48.8 Å². The summed E-state index contributed by atoms with van der Waals surface area (Å²) in [4.78, 5) is 8.69. The average molecular weight is 315 g/mol. The normalized spacial score (nSPS) is 11.1. The van der Waals surface area contributed by atoms with E-state index in [4.69, 9.17) is 8.42 Å². The maximum atomic E-state index is 9.16. The van der Waals surface area contributed by atoms with E-state index in [-0.39, 0.29) is 0 Å². The van der Waals surface area contributed by atoms with Crippen LogP contribution in [0.1, 0.15) is 0 Å². The second-order valence-corrected chi connectivity index (χ2v) is 7.26. The molecule has 0 bridgehead atoms. The molecule has 19 heavy (non-hydrogen) atoms. The Morgan fingerprint density at radius 2 is 1.16 bits per heavy atom. The monoisotopic (exact) mass is 314 g/mol. The molecule has 0 aliphatic heterocycles. The van der Waals surface area contributed by atoms with Crippen molar-refractivity contribution in [1.82, 2.24) is 9.97 Å². The van der Waals surface area contributed by atoms with Crippen LogP contribution in [0.3, 0.4) is 0 Å². The molecule has 0 saturated carbocycles. The summed E-state index contributed by atoms with van der Waals surface area (Å²) >= 11 is 0. The molecule has 1 aromatic carbocycles. The van der Waals surface area contributed by atoms with Gasteiger partial charge < -0.3 is 0 Å². The lowest BCUT2D eigenvalue weighted by atomic mass is 10.1. The number of benzene rings is 1. The van der Waals surface area contributed by atoms with Crippen molar-refractivity contribution in [3.63, 3.8) is 0 Å². The molecule has 0 unspecified atom stereocenters. The average Bonchev–Trinajstić information content (AvgIpc) is 2.37. The molecule has 0 aliphatic rings. The summed E-state index contributed by atoms with van der Waals surface area (Å²) in [6, 6.07) is 12.1. The molecule has 0 aliphatic carbocycles. The number of nitrogens with zero attached hydrogens (tertiary/aromatic N) is 2. The highest BCUT2D eigenvalue weighted by Crippen LogP contribution is 2.20. The predicted octanol–water partition coefficient (Wildman–Crippen LogP) is 3.49. The van der Waals surface area contributed by atoms with Crippen LogP contribution in [-0.4, -0.2) is 18.4 Å². The van der Waals surface area contributed by atoms with Crippen LogP contribution < -0.4 is 0 Å². The van der Waals surface area contributed by atoms with E-state index < -0.39 is 8.26 Å². The molecule has 0 amide bonds. The van der Waals surface area contributed by atoms with Crippen molar-refractivity contribution < 1.29 is 8.42 Å². The summed E-state index contributed by atoms with van der Waals surface area (Å²) in [5.74, 6) is 0. The van der Waals surface area contributed by atoms with E-state index in [1.54, 1.807) is 12.4 Å². The Bertz CT molecular complexity index is 759. The molecule has 3 rings (SSSR count). The smallest absolute Gasteiger partial charge is 0.254 e. The third-order valence-corrected chi connectivity index (χ3v) is 2.34. The fourth-order valence-electron chi connectivity index (χ4n) is 1.68. The zero-order valence-corrected chi connectivity index (χ0v) is 11.8. The van der Waals surface area contributed by atoms with Gasteiger partial charge in [0.2, 0.25) is 0 Å². The van der Waals surface area contributed by atoms with Gasteiger partial charge in [-0.2, -0.15) is 8.42 Å². The molecule has 98 valence electrons. The number of fused-ring (bicyclic) bond motifs is 3. The first-order valence-corrected chi connectivity index (χ1v) is 8.31. The summed E-state index contributed by atoms with van der Waals surface area (Å²) in [7, 11) is 4.81. The van der Waals surface area contributed by atoms with E-state index in [0.717, 1.165) is 21.8 Å². The molecule has 2 aromatic heterocycles. The van der Waals surface area contributed by atoms with Gasteiger partial charge >= 0.3 is 8.26 Å². The summed E-state index contributed by atoms with van der Waals surface area (Å²) < 4.78 is 18.3. The Labute approximate surface area is 118 Å². The molecule has 0 saturated heterocycles. The third-order valence-electron chi connectivity index (χ3n) is 2.34. The van der Waals surface area contributed by atoms with Crippen molar-refractivity contribution >= 4 is 51.4 Å². The fraction of sp³-hybridized carbons (Fsp3) is 0. The van der Waals surface area contributed by atoms with Crippen molar-refractivity contribution in [2.45, 2.75) is 0 Å². The van der Waals surface area contributed by atoms with E-state index in [1.807, 2.05) is 12.1 Å². The first kappa shape index (κ1) is 14.0. The maximum absolute atomic E-state index is 9.16. The minimum Gasteiger partial charge on any atom is -0.254 e. The lowest BCUT2D eigenvalue weighted by Crippen LogP contribution is -1.83. The Balaban J connectivity index is 0.000000232. The van der Waals surface area contributed by atoms with Crippen molar-refractivity contribution in [3.8, 4) is 0 Å². The van der Waals surface area contributed by atoms with Crippen LogP contribution in [0, 0.1) is 0 Å². The second kappa shape index (κ2) is 5.69. The Morgan fingerprint density at radius 1 is 0.789 bits per heavy atom. The summed E-state index contributed by atoms with van der Waals surface area (Å²) in [5, 5.41) is 2.28. The third kappa shape index (κ3) is 4.02. The van der Waals surface area contributed by atoms with Gasteiger partial charge in [0.1, 0.15) is 0 Å². The van der Waals surface area contributed by atoms with Crippen LogP contribution in [0.2, 0.25) is 0 Å². The Hall–Kier alpha value is -1.43. The lowest BCUT2D eigenvalue weighted by Gasteiger charge is -2.00. The van der Waals surface area contributed by atoms with Crippen molar-refractivity contribution in [2.24, 2.45) is 0 Å². The maximum Gasteiger partial charge on any atom is 0.317 e. The van der Waals surface area contributed by atoms with Crippen LogP contribution in [0.5, 0.6) is 0 Å². The molecule has 0 N–H and O–H groups in total. The van der Waals surface area contributed by atoms with E-state index in [1.165, 1.54) is 0 Å². The van der Waals surface area contributed by atoms with Gasteiger partial charge in [0, 0.05) is 44.5 Å². The van der Waals surface area contributed by atoms with Crippen LogP contribution in [0.15, 0.2) is 48.8 Å². The molecule has 7 heteroatoms. The van der Waals surface area contributed by atoms with Gasteiger partial charge in [0.15, 0.2) is 0 Å². The van der Waals surface area contributed by atoms with Crippen LogP contribution in [0.25, 0.3) is 21.8 Å². The van der Waals surface area contributed by atoms with Crippen LogP contribution in [-0.2, 0) is 8.26 Å². The minimum atomic E-state index is -3.72. The van der Waals surface area contributed by atoms with E-state index in [0.29, 0.717) is 0 Å². The molecule has 4 nitrogen and oxygen atoms in total. The highest BCUT2D eigenvalue weighted by molar-refractivity contribution is 8.31. The molecular formula is C12H8Cl2N2O2S. The van der Waals surface area contributed by atoms with Crippen molar-refractivity contribution in [1.29, 1.82) is 0 Å². The lowest BCUT2D eigenvalue weighted by molar-refractivity contribution is 0.621. The topological polar surface area (TPSA) is 59.9 Å². The summed E-state index contributed by atoms with van der Waals surface area (Å²) in [6.45, 7) is 0. The van der Waals surface area contributed by atoms with Crippen LogP contribution >= 0.6 is 21.4 Å². The Morgan fingerprint density at radius 3 is 1.53 bits per heavy atom. The van der Waals surface area contributed by atoms with E-state index >= 15 is 0 Å². The molecule has 2 heterocycles. The predicted molar refractivity (Wildman–Crippen MR) is 77.7 cm³/mol. The zero-order chi connectivity index (χ0) is 13.9. The number of aromatic nitrogens is 2. The number of hydrogen-bond acceptors (Lipinski definition) is 4. The van der Waals surface area contributed by atoms with Gasteiger partial charge in [-0.25, -0.2) is 0 Å². The van der Waals surface area contributed by atoms with Gasteiger partial charge in [-0.1, -0.05) is 24.3 Å². The molecule has 0 radical (unpaired) electrons. The number of hydrogen-bond donors (Lipinski definition) is 0. The zero-order valence-electron chi connectivity index (χ0n) is 9.49. The molecule has 3 aromatic rings. The van der Waals surface area contributed by atoms with Gasteiger partial charge in [-0.05, 0) is 12.1 Å². The number of pyridine rings is 2. The standard InChI is InChI=1S/C12H8N2.Cl2O2S/c1-3-9-5-6-10-4-2-8-14-12(10)11(9)13-7-1;1-5(2,3)4/h1-8H;. The number of rotatable bonds is 0. The Kier molecular flexibility index (Phi) is 4.19.